The van der Waals surface area contributed by atoms with Gasteiger partial charge in [-0.2, -0.15) is 0 Å². The molecule has 0 atom stereocenters. The Balaban J connectivity index is 0.00000240. The molecule has 0 saturated carbocycles. The summed E-state index contributed by atoms with van der Waals surface area (Å²) in [5.74, 6) is 0.888. The van der Waals surface area contributed by atoms with Gasteiger partial charge in [-0.1, -0.05) is 42.5 Å². The number of aryl methyl sites for hydroxylation is 3. The second-order valence-electron chi connectivity index (χ2n) is 7.28. The Morgan fingerprint density at radius 2 is 1.59 bits per heavy atom. The molecule has 2 aromatic carbocycles. The van der Waals surface area contributed by atoms with Crippen LogP contribution in [0.1, 0.15) is 28.1 Å². The molecule has 0 aliphatic carbocycles. The maximum Gasteiger partial charge on any atom is 0.118 e. The Hall–Kier alpha value is -2.78. The zero-order valence-electron chi connectivity index (χ0n) is 17.2. The first-order valence-electron chi connectivity index (χ1n) is 9.77. The molecule has 0 spiro atoms. The maximum atomic E-state index is 5.29. The molecule has 0 unspecified atom stereocenters. The second-order valence-corrected chi connectivity index (χ2v) is 7.28. The second kappa shape index (κ2) is 9.15. The lowest BCUT2D eigenvalue weighted by Gasteiger charge is -2.12. The third-order valence-corrected chi connectivity index (χ3v) is 5.61. The molecule has 0 bridgehead atoms. The van der Waals surface area contributed by atoms with Crippen molar-refractivity contribution in [2.75, 3.05) is 7.11 Å². The number of nitrogens with zero attached hydrogens (tertiary/aromatic N) is 2. The van der Waals surface area contributed by atoms with E-state index in [1.165, 1.54) is 39.0 Å². The molecule has 29 heavy (non-hydrogen) atoms. The van der Waals surface area contributed by atoms with Crippen LogP contribution >= 0.6 is 12.4 Å². The summed E-state index contributed by atoms with van der Waals surface area (Å²) in [7, 11) is 1.70. The van der Waals surface area contributed by atoms with E-state index in [2.05, 4.69) is 66.9 Å². The minimum absolute atomic E-state index is 0. The lowest BCUT2D eigenvalue weighted by molar-refractivity contribution is 0.414. The molecule has 0 N–H and O–H groups in total. The minimum Gasteiger partial charge on any atom is -0.497 e. The standard InChI is InChI=1S/C25H26N2O.ClH/c1-18-19(2)27(17-21-9-12-22(28-3)13-10-21)25-23(18)15-16-26-24(25)14-11-20-7-5-4-6-8-20;/h4-10,12-13,15-16H,11,14,17H2,1-3H3;1H. The van der Waals surface area contributed by atoms with Gasteiger partial charge in [-0.3, -0.25) is 4.98 Å². The van der Waals surface area contributed by atoms with Crippen LogP contribution in [0.4, 0.5) is 0 Å². The van der Waals surface area contributed by atoms with Crippen molar-refractivity contribution in [3.05, 3.63) is 94.9 Å². The lowest BCUT2D eigenvalue weighted by Crippen LogP contribution is -2.05. The maximum absolute atomic E-state index is 5.29. The monoisotopic (exact) mass is 406 g/mol. The molecule has 0 amide bonds. The molecular weight excluding hydrogens is 380 g/mol. The van der Waals surface area contributed by atoms with Gasteiger partial charge in [-0.25, -0.2) is 0 Å². The fourth-order valence-corrected chi connectivity index (χ4v) is 3.87. The van der Waals surface area contributed by atoms with Gasteiger partial charge >= 0.3 is 0 Å². The Morgan fingerprint density at radius 3 is 2.28 bits per heavy atom. The molecule has 0 saturated heterocycles. The van der Waals surface area contributed by atoms with E-state index in [4.69, 9.17) is 9.72 Å². The smallest absolute Gasteiger partial charge is 0.118 e. The number of fused-ring (bicyclic) bond motifs is 1. The van der Waals surface area contributed by atoms with E-state index in [-0.39, 0.29) is 12.4 Å². The minimum atomic E-state index is 0. The van der Waals surface area contributed by atoms with Crippen LogP contribution in [0.2, 0.25) is 0 Å². The van der Waals surface area contributed by atoms with E-state index in [1.54, 1.807) is 7.11 Å². The lowest BCUT2D eigenvalue weighted by atomic mass is 10.1. The molecule has 2 aromatic heterocycles. The topological polar surface area (TPSA) is 27.1 Å². The number of benzene rings is 2. The van der Waals surface area contributed by atoms with Crippen LogP contribution in [0, 0.1) is 13.8 Å². The van der Waals surface area contributed by atoms with Crippen molar-refractivity contribution >= 4 is 23.3 Å². The van der Waals surface area contributed by atoms with Gasteiger partial charge in [0.15, 0.2) is 0 Å². The van der Waals surface area contributed by atoms with Gasteiger partial charge in [0, 0.05) is 23.8 Å². The Kier molecular flexibility index (Phi) is 6.60. The number of aromatic nitrogens is 2. The Labute approximate surface area is 178 Å². The van der Waals surface area contributed by atoms with Crippen molar-refractivity contribution < 1.29 is 4.74 Å². The largest absolute Gasteiger partial charge is 0.497 e. The predicted molar refractivity (Wildman–Crippen MR) is 122 cm³/mol. The van der Waals surface area contributed by atoms with E-state index in [0.29, 0.717) is 0 Å². The Morgan fingerprint density at radius 1 is 0.862 bits per heavy atom. The van der Waals surface area contributed by atoms with Gasteiger partial charge in [0.1, 0.15) is 5.75 Å². The van der Waals surface area contributed by atoms with Gasteiger partial charge in [-0.15, -0.1) is 12.4 Å². The third-order valence-electron chi connectivity index (χ3n) is 5.61. The normalized spacial score (nSPS) is 10.7. The molecule has 0 aliphatic rings. The number of hydrogen-bond acceptors (Lipinski definition) is 2. The van der Waals surface area contributed by atoms with Crippen molar-refractivity contribution in [3.63, 3.8) is 0 Å². The van der Waals surface area contributed by atoms with Crippen molar-refractivity contribution in [3.8, 4) is 5.75 Å². The molecule has 0 fully saturated rings. The van der Waals surface area contributed by atoms with Gasteiger partial charge in [0.25, 0.3) is 0 Å². The van der Waals surface area contributed by atoms with Crippen molar-refractivity contribution in [2.45, 2.75) is 33.2 Å². The number of halogens is 1. The number of ether oxygens (including phenoxy) is 1. The molecule has 3 nitrogen and oxygen atoms in total. The van der Waals surface area contributed by atoms with Crippen LogP contribution in [0.15, 0.2) is 66.9 Å². The van der Waals surface area contributed by atoms with Crippen molar-refractivity contribution in [2.24, 2.45) is 0 Å². The molecule has 2 heterocycles. The quantitative estimate of drug-likeness (QED) is 0.397. The summed E-state index contributed by atoms with van der Waals surface area (Å²) in [5.41, 5.74) is 7.70. The number of hydrogen-bond donors (Lipinski definition) is 0. The summed E-state index contributed by atoms with van der Waals surface area (Å²) in [6, 6.07) is 21.1. The summed E-state index contributed by atoms with van der Waals surface area (Å²) >= 11 is 0. The highest BCUT2D eigenvalue weighted by Gasteiger charge is 2.15. The first kappa shape index (κ1) is 20.9. The van der Waals surface area contributed by atoms with Crippen LogP contribution in [-0.2, 0) is 19.4 Å². The van der Waals surface area contributed by atoms with E-state index in [0.717, 1.165) is 25.1 Å². The zero-order valence-corrected chi connectivity index (χ0v) is 18.0. The van der Waals surface area contributed by atoms with Gasteiger partial charge in [0.2, 0.25) is 0 Å². The SMILES string of the molecule is COc1ccc(Cn2c(C)c(C)c3ccnc(CCc4ccccc4)c32)cc1.Cl. The van der Waals surface area contributed by atoms with Gasteiger partial charge in [-0.05, 0) is 61.6 Å². The molecule has 4 rings (SSSR count). The highest BCUT2D eigenvalue weighted by atomic mass is 35.5. The van der Waals surface area contributed by atoms with Crippen molar-refractivity contribution in [1.29, 1.82) is 0 Å². The molecule has 0 aliphatic heterocycles. The predicted octanol–water partition coefficient (Wildman–Crippen LogP) is 5.92. The fourth-order valence-electron chi connectivity index (χ4n) is 3.87. The van der Waals surface area contributed by atoms with E-state index >= 15 is 0 Å². The summed E-state index contributed by atoms with van der Waals surface area (Å²) in [4.78, 5) is 4.77. The van der Waals surface area contributed by atoms with Gasteiger partial charge < -0.3 is 9.30 Å². The average Bonchev–Trinajstić information content (AvgIpc) is 2.99. The average molecular weight is 407 g/mol. The number of pyridine rings is 1. The Bertz CT molecular complexity index is 1090. The molecular formula is C25H27ClN2O. The van der Waals surface area contributed by atoms with Crippen LogP contribution in [0.25, 0.3) is 10.9 Å². The molecule has 4 aromatic rings. The highest BCUT2D eigenvalue weighted by Crippen LogP contribution is 2.29. The summed E-state index contributed by atoms with van der Waals surface area (Å²) in [5, 5.41) is 1.31. The summed E-state index contributed by atoms with van der Waals surface area (Å²) in [6.45, 7) is 5.26. The fraction of sp³-hybridized carbons (Fsp3) is 0.240. The first-order chi connectivity index (χ1) is 13.7. The molecule has 0 radical (unpaired) electrons. The van der Waals surface area contributed by atoms with Crippen LogP contribution < -0.4 is 4.74 Å². The molecule has 150 valence electrons. The highest BCUT2D eigenvalue weighted by molar-refractivity contribution is 5.87. The number of methoxy groups -OCH3 is 1. The van der Waals surface area contributed by atoms with Crippen LogP contribution in [0.3, 0.4) is 0 Å². The van der Waals surface area contributed by atoms with Crippen molar-refractivity contribution in [1.82, 2.24) is 9.55 Å². The summed E-state index contributed by atoms with van der Waals surface area (Å²) in [6.07, 6.45) is 3.89. The zero-order chi connectivity index (χ0) is 19.5. The first-order valence-corrected chi connectivity index (χ1v) is 9.77. The van der Waals surface area contributed by atoms with Crippen LogP contribution in [0.5, 0.6) is 5.75 Å². The van der Waals surface area contributed by atoms with E-state index < -0.39 is 0 Å². The summed E-state index contributed by atoms with van der Waals surface area (Å²) < 4.78 is 7.71. The third kappa shape index (κ3) is 4.30. The van der Waals surface area contributed by atoms with Gasteiger partial charge in [0.05, 0.1) is 18.3 Å². The number of rotatable bonds is 6. The molecule has 4 heteroatoms. The van der Waals surface area contributed by atoms with E-state index in [1.807, 2.05) is 18.3 Å². The van der Waals surface area contributed by atoms with E-state index in [9.17, 15) is 0 Å². The van der Waals surface area contributed by atoms with Crippen LogP contribution in [-0.4, -0.2) is 16.7 Å².